The van der Waals surface area contributed by atoms with Crippen LogP contribution in [0.3, 0.4) is 0 Å². The molecule has 0 radical (unpaired) electrons. The summed E-state index contributed by atoms with van der Waals surface area (Å²) in [6.45, 7) is 1.63. The van der Waals surface area contributed by atoms with Gasteiger partial charge in [-0.05, 0) is 49.2 Å². The molecule has 2 atom stereocenters. The predicted molar refractivity (Wildman–Crippen MR) is 95.8 cm³/mol. The summed E-state index contributed by atoms with van der Waals surface area (Å²) in [4.78, 5) is 23.2. The second kappa shape index (κ2) is 8.07. The molecule has 0 unspecified atom stereocenters. The minimum atomic E-state index is -1.10. The van der Waals surface area contributed by atoms with Gasteiger partial charge in [-0.2, -0.15) is 0 Å². The van der Waals surface area contributed by atoms with Crippen LogP contribution in [0.1, 0.15) is 35.2 Å². The number of benzene rings is 2. The number of carbonyl (C=O) groups excluding carboxylic acids is 1. The summed E-state index contributed by atoms with van der Waals surface area (Å²) < 4.78 is 23.9. The van der Waals surface area contributed by atoms with E-state index < -0.39 is 12.6 Å². The molecule has 1 aliphatic carbocycles. The average Bonchev–Trinajstić information content (AvgIpc) is 3.40. The zero-order chi connectivity index (χ0) is 19.4. The molecule has 0 aromatic heterocycles. The number of rotatable bonds is 8. The van der Waals surface area contributed by atoms with Gasteiger partial charge >= 0.3 is 5.97 Å². The van der Waals surface area contributed by atoms with Gasteiger partial charge in [-0.15, -0.1) is 0 Å². The van der Waals surface area contributed by atoms with E-state index >= 15 is 0 Å². The number of carboxylic acids is 1. The lowest BCUT2D eigenvalue weighted by Gasteiger charge is -2.12. The van der Waals surface area contributed by atoms with Crippen molar-refractivity contribution in [3.8, 4) is 11.5 Å². The van der Waals surface area contributed by atoms with Crippen molar-refractivity contribution >= 4 is 11.9 Å². The third-order valence-electron chi connectivity index (χ3n) is 4.24. The fourth-order valence-corrected chi connectivity index (χ4v) is 2.89. The van der Waals surface area contributed by atoms with Gasteiger partial charge < -0.3 is 19.9 Å². The molecule has 0 aliphatic heterocycles. The number of carbonyl (C=O) groups is 2. The predicted octanol–water partition coefficient (Wildman–Crippen LogP) is 2.97. The number of amides is 1. The van der Waals surface area contributed by atoms with Gasteiger partial charge in [-0.25, -0.2) is 9.18 Å². The second-order valence-electron chi connectivity index (χ2n) is 6.25. The lowest BCUT2D eigenvalue weighted by atomic mass is 10.1. The molecule has 1 fully saturated rings. The van der Waals surface area contributed by atoms with Crippen molar-refractivity contribution in [1.29, 1.82) is 0 Å². The molecule has 142 valence electrons. The Hall–Kier alpha value is -3.09. The molecular formula is C20H20FNO5. The summed E-state index contributed by atoms with van der Waals surface area (Å²) in [5, 5.41) is 11.7. The Morgan fingerprint density at radius 3 is 2.70 bits per heavy atom. The van der Waals surface area contributed by atoms with E-state index in [9.17, 15) is 14.0 Å². The second-order valence-corrected chi connectivity index (χ2v) is 6.25. The van der Waals surface area contributed by atoms with E-state index in [0.717, 1.165) is 12.0 Å². The van der Waals surface area contributed by atoms with Gasteiger partial charge in [0.15, 0.2) is 18.1 Å². The maximum absolute atomic E-state index is 13.3. The summed E-state index contributed by atoms with van der Waals surface area (Å²) in [5.74, 6) is -0.985. The van der Waals surface area contributed by atoms with Gasteiger partial charge in [0.25, 0.3) is 5.91 Å². The van der Waals surface area contributed by atoms with E-state index in [2.05, 4.69) is 5.32 Å². The molecule has 0 bridgehead atoms. The molecule has 0 spiro atoms. The first-order valence-corrected chi connectivity index (χ1v) is 8.65. The van der Waals surface area contributed by atoms with Crippen molar-refractivity contribution in [3.05, 3.63) is 59.4 Å². The van der Waals surface area contributed by atoms with Gasteiger partial charge in [-0.3, -0.25) is 4.79 Å². The van der Waals surface area contributed by atoms with Crippen LogP contribution in [0.4, 0.5) is 4.39 Å². The van der Waals surface area contributed by atoms with Gasteiger partial charge in [0.2, 0.25) is 0 Å². The van der Waals surface area contributed by atoms with E-state index in [1.807, 2.05) is 6.07 Å². The number of hydrogen-bond donors (Lipinski definition) is 2. The lowest BCUT2D eigenvalue weighted by molar-refractivity contribution is -0.139. The number of nitrogens with one attached hydrogen (secondary N) is 1. The molecule has 1 saturated carbocycles. The summed E-state index contributed by atoms with van der Waals surface area (Å²) in [6, 6.07) is 10.9. The SMILES string of the molecule is CCOc1cc(C(=O)N[C@@H]2C[C@H]2c2cccc(F)c2)ccc1OCC(=O)O. The Morgan fingerprint density at radius 1 is 1.19 bits per heavy atom. The highest BCUT2D eigenvalue weighted by Gasteiger charge is 2.39. The average molecular weight is 373 g/mol. The van der Waals surface area contributed by atoms with Crippen molar-refractivity contribution in [2.75, 3.05) is 13.2 Å². The van der Waals surface area contributed by atoms with Crippen LogP contribution in [0.25, 0.3) is 0 Å². The van der Waals surface area contributed by atoms with Crippen LogP contribution in [-0.2, 0) is 4.79 Å². The molecule has 3 rings (SSSR count). The van der Waals surface area contributed by atoms with Crippen molar-refractivity contribution in [2.24, 2.45) is 0 Å². The van der Waals surface area contributed by atoms with Crippen molar-refractivity contribution < 1.29 is 28.6 Å². The van der Waals surface area contributed by atoms with Crippen LogP contribution in [0.15, 0.2) is 42.5 Å². The minimum Gasteiger partial charge on any atom is -0.490 e. The van der Waals surface area contributed by atoms with Gasteiger partial charge in [-0.1, -0.05) is 12.1 Å². The van der Waals surface area contributed by atoms with E-state index in [1.165, 1.54) is 24.3 Å². The van der Waals surface area contributed by atoms with Crippen LogP contribution in [-0.4, -0.2) is 36.2 Å². The highest BCUT2D eigenvalue weighted by molar-refractivity contribution is 5.95. The summed E-state index contributed by atoms with van der Waals surface area (Å²) >= 11 is 0. The number of halogens is 1. The number of carboxylic acid groups (broad SMARTS) is 1. The molecule has 0 heterocycles. The highest BCUT2D eigenvalue weighted by Crippen LogP contribution is 2.41. The number of hydrogen-bond acceptors (Lipinski definition) is 4. The van der Waals surface area contributed by atoms with Crippen LogP contribution >= 0.6 is 0 Å². The fraction of sp³-hybridized carbons (Fsp3) is 0.300. The molecule has 2 aromatic carbocycles. The molecule has 1 aliphatic rings. The monoisotopic (exact) mass is 373 g/mol. The van der Waals surface area contributed by atoms with E-state index in [-0.39, 0.29) is 29.4 Å². The third kappa shape index (κ3) is 4.75. The van der Waals surface area contributed by atoms with E-state index in [0.29, 0.717) is 17.9 Å². The van der Waals surface area contributed by atoms with Crippen LogP contribution in [0.2, 0.25) is 0 Å². The zero-order valence-corrected chi connectivity index (χ0v) is 14.8. The molecule has 2 aromatic rings. The quantitative estimate of drug-likeness (QED) is 0.743. The third-order valence-corrected chi connectivity index (χ3v) is 4.24. The molecule has 2 N–H and O–H groups in total. The van der Waals surface area contributed by atoms with Crippen LogP contribution in [0, 0.1) is 5.82 Å². The summed E-state index contributed by atoms with van der Waals surface area (Å²) in [6.07, 6.45) is 0.757. The Morgan fingerprint density at radius 2 is 2.00 bits per heavy atom. The number of aliphatic carboxylic acids is 1. The highest BCUT2D eigenvalue weighted by atomic mass is 19.1. The Balaban J connectivity index is 1.66. The minimum absolute atomic E-state index is 0.0437. The van der Waals surface area contributed by atoms with E-state index in [4.69, 9.17) is 14.6 Å². The summed E-state index contributed by atoms with van der Waals surface area (Å²) in [5.41, 5.74) is 1.25. The first-order valence-electron chi connectivity index (χ1n) is 8.65. The normalized spacial score (nSPS) is 17.9. The number of ether oxygens (including phenoxy) is 2. The van der Waals surface area contributed by atoms with Gasteiger partial charge in [0.05, 0.1) is 6.61 Å². The summed E-state index contributed by atoms with van der Waals surface area (Å²) in [7, 11) is 0. The lowest BCUT2D eigenvalue weighted by Crippen LogP contribution is -2.26. The van der Waals surface area contributed by atoms with Crippen molar-refractivity contribution in [3.63, 3.8) is 0 Å². The Bertz CT molecular complexity index is 854. The van der Waals surface area contributed by atoms with Crippen molar-refractivity contribution in [2.45, 2.75) is 25.3 Å². The maximum Gasteiger partial charge on any atom is 0.341 e. The molecule has 6 nitrogen and oxygen atoms in total. The molecule has 0 saturated heterocycles. The smallest absolute Gasteiger partial charge is 0.341 e. The van der Waals surface area contributed by atoms with Gasteiger partial charge in [0.1, 0.15) is 5.82 Å². The Labute approximate surface area is 155 Å². The topological polar surface area (TPSA) is 84.9 Å². The standard InChI is InChI=1S/C20H20FNO5/c1-2-26-18-9-13(6-7-17(18)27-11-19(23)24)20(25)22-16-10-15(16)12-4-3-5-14(21)8-12/h3-9,15-16H,2,10-11H2,1H3,(H,22,25)(H,23,24)/t15-,16+/m0/s1. The first-order chi connectivity index (χ1) is 13.0. The largest absolute Gasteiger partial charge is 0.490 e. The van der Waals surface area contributed by atoms with E-state index in [1.54, 1.807) is 19.1 Å². The molecule has 7 heteroatoms. The molecular weight excluding hydrogens is 353 g/mol. The Kier molecular flexibility index (Phi) is 5.59. The maximum atomic E-state index is 13.3. The zero-order valence-electron chi connectivity index (χ0n) is 14.8. The van der Waals surface area contributed by atoms with Gasteiger partial charge in [0, 0.05) is 17.5 Å². The van der Waals surface area contributed by atoms with Crippen LogP contribution in [0.5, 0.6) is 11.5 Å². The van der Waals surface area contributed by atoms with Crippen molar-refractivity contribution in [1.82, 2.24) is 5.32 Å². The first kappa shape index (κ1) is 18.7. The van der Waals surface area contributed by atoms with Crippen LogP contribution < -0.4 is 14.8 Å². The fourth-order valence-electron chi connectivity index (χ4n) is 2.89. The molecule has 1 amide bonds. The molecule has 27 heavy (non-hydrogen) atoms.